The van der Waals surface area contributed by atoms with Crippen molar-refractivity contribution in [3.05, 3.63) is 200 Å². The molecule has 2 heterocycles. The van der Waals surface area contributed by atoms with Crippen LogP contribution in [0.5, 0.6) is 0 Å². The first-order chi connectivity index (χ1) is 24.8. The topological polar surface area (TPSA) is 8.17 Å². The molecule has 0 bridgehead atoms. The molecule has 8 aromatic rings. The second-order valence-corrected chi connectivity index (χ2v) is 13.3. The van der Waals surface area contributed by atoms with Gasteiger partial charge in [-0.3, -0.25) is 0 Å². The van der Waals surface area contributed by atoms with E-state index in [9.17, 15) is 0 Å². The van der Waals surface area contributed by atoms with Crippen molar-refractivity contribution in [1.82, 2.24) is 4.57 Å². The van der Waals surface area contributed by atoms with E-state index in [1.54, 1.807) is 0 Å². The van der Waals surface area contributed by atoms with Crippen LogP contribution in [0.3, 0.4) is 0 Å². The first-order valence-corrected chi connectivity index (χ1v) is 17.4. The zero-order chi connectivity index (χ0) is 33.0. The molecular weight excluding hydrogens is 605 g/mol. The van der Waals surface area contributed by atoms with Crippen LogP contribution in [0.15, 0.2) is 194 Å². The van der Waals surface area contributed by atoms with Gasteiger partial charge in [0.1, 0.15) is 0 Å². The molecule has 236 valence electrons. The van der Waals surface area contributed by atoms with Crippen molar-refractivity contribution in [1.29, 1.82) is 0 Å². The van der Waals surface area contributed by atoms with Crippen LogP contribution in [0.25, 0.3) is 60.9 Å². The minimum absolute atomic E-state index is 0.293. The average molecular weight is 639 g/mol. The maximum absolute atomic E-state index is 2.49. The third kappa shape index (κ3) is 4.64. The van der Waals surface area contributed by atoms with Crippen LogP contribution >= 0.6 is 0 Å². The summed E-state index contributed by atoms with van der Waals surface area (Å²) in [4.78, 5) is 2.49. The van der Waals surface area contributed by atoms with E-state index in [1.165, 1.54) is 72.1 Å². The molecule has 7 aromatic carbocycles. The monoisotopic (exact) mass is 638 g/mol. The third-order valence-corrected chi connectivity index (χ3v) is 10.5. The summed E-state index contributed by atoms with van der Waals surface area (Å²) in [7, 11) is 0. The van der Waals surface area contributed by atoms with Gasteiger partial charge in [0.05, 0.1) is 17.1 Å². The second kappa shape index (κ2) is 11.6. The molecule has 10 rings (SSSR count). The van der Waals surface area contributed by atoms with Gasteiger partial charge in [-0.2, -0.15) is 0 Å². The molecule has 2 atom stereocenters. The summed E-state index contributed by atoms with van der Waals surface area (Å²) in [6.45, 7) is 0. The van der Waals surface area contributed by atoms with Crippen LogP contribution in [-0.2, 0) is 0 Å². The molecule has 1 aliphatic heterocycles. The lowest BCUT2D eigenvalue weighted by Crippen LogP contribution is -2.28. The van der Waals surface area contributed by atoms with E-state index in [0.29, 0.717) is 12.0 Å². The van der Waals surface area contributed by atoms with E-state index in [0.717, 1.165) is 5.69 Å². The molecule has 2 heteroatoms. The molecular formula is C48H34N2. The van der Waals surface area contributed by atoms with Crippen molar-refractivity contribution in [2.75, 3.05) is 4.90 Å². The molecule has 0 saturated carbocycles. The first kappa shape index (κ1) is 28.6. The number of anilines is 2. The Labute approximate surface area is 292 Å². The molecule has 0 radical (unpaired) electrons. The van der Waals surface area contributed by atoms with Crippen molar-refractivity contribution in [3.63, 3.8) is 0 Å². The number of nitrogens with zero attached hydrogens (tertiary/aromatic N) is 2. The van der Waals surface area contributed by atoms with Gasteiger partial charge in [-0.25, -0.2) is 0 Å². The fourth-order valence-corrected chi connectivity index (χ4v) is 8.17. The zero-order valence-electron chi connectivity index (χ0n) is 27.5. The second-order valence-electron chi connectivity index (χ2n) is 13.3. The number of benzene rings is 7. The van der Waals surface area contributed by atoms with Crippen molar-refractivity contribution in [2.45, 2.75) is 12.0 Å². The number of para-hydroxylation sites is 3. The lowest BCUT2D eigenvalue weighted by atomic mass is 9.91. The molecule has 2 nitrogen and oxygen atoms in total. The summed E-state index contributed by atoms with van der Waals surface area (Å²) in [5.74, 6) is 0.377. The van der Waals surface area contributed by atoms with Crippen LogP contribution in [0.2, 0.25) is 0 Å². The lowest BCUT2D eigenvalue weighted by molar-refractivity contribution is 0.745. The molecule has 1 aliphatic carbocycles. The highest BCUT2D eigenvalue weighted by Crippen LogP contribution is 2.47. The molecule has 0 amide bonds. The molecule has 1 aromatic heterocycles. The van der Waals surface area contributed by atoms with Gasteiger partial charge in [0.15, 0.2) is 0 Å². The number of fused-ring (bicyclic) bond motifs is 6. The van der Waals surface area contributed by atoms with E-state index < -0.39 is 0 Å². The van der Waals surface area contributed by atoms with Gasteiger partial charge in [0.2, 0.25) is 0 Å². The van der Waals surface area contributed by atoms with Gasteiger partial charge < -0.3 is 9.47 Å². The SMILES string of the molecule is C1=CC2c3ccccc3N(c3ccc(-c4cc(-c5ccccc5)cc(-c5ccc(-n6c7ccccc7c7ccccc76)cc5)c4)cc3)[C@@H]2C=C1. The van der Waals surface area contributed by atoms with Crippen LogP contribution in [-0.4, -0.2) is 10.6 Å². The maximum Gasteiger partial charge on any atom is 0.0629 e. The zero-order valence-corrected chi connectivity index (χ0v) is 27.5. The number of hydrogen-bond donors (Lipinski definition) is 0. The van der Waals surface area contributed by atoms with E-state index in [-0.39, 0.29) is 0 Å². The van der Waals surface area contributed by atoms with Crippen molar-refractivity contribution in [2.24, 2.45) is 0 Å². The van der Waals surface area contributed by atoms with Crippen LogP contribution in [0.1, 0.15) is 11.5 Å². The molecule has 50 heavy (non-hydrogen) atoms. The van der Waals surface area contributed by atoms with Gasteiger partial charge in [0, 0.05) is 33.8 Å². The van der Waals surface area contributed by atoms with Crippen molar-refractivity contribution in [3.8, 4) is 39.1 Å². The van der Waals surface area contributed by atoms with Gasteiger partial charge >= 0.3 is 0 Å². The summed E-state index contributed by atoms with van der Waals surface area (Å²) in [6, 6.07) is 62.4. The van der Waals surface area contributed by atoms with Gasteiger partial charge in [-0.05, 0) is 99.6 Å². The number of hydrogen-bond acceptors (Lipinski definition) is 1. The van der Waals surface area contributed by atoms with E-state index in [1.807, 2.05) is 0 Å². The first-order valence-electron chi connectivity index (χ1n) is 17.4. The van der Waals surface area contributed by atoms with Crippen LogP contribution in [0, 0.1) is 0 Å². The van der Waals surface area contributed by atoms with E-state index in [2.05, 4.69) is 204 Å². The van der Waals surface area contributed by atoms with Gasteiger partial charge in [0.25, 0.3) is 0 Å². The summed E-state index contributed by atoms with van der Waals surface area (Å²) >= 11 is 0. The van der Waals surface area contributed by atoms with E-state index in [4.69, 9.17) is 0 Å². The Balaban J connectivity index is 1.04. The molecule has 2 aliphatic rings. The molecule has 1 unspecified atom stereocenters. The average Bonchev–Trinajstić information content (AvgIpc) is 3.71. The summed E-state index contributed by atoms with van der Waals surface area (Å²) in [6.07, 6.45) is 9.03. The normalized spacial score (nSPS) is 16.2. The Bertz CT molecular complexity index is 2530. The highest BCUT2D eigenvalue weighted by atomic mass is 15.2. The van der Waals surface area contributed by atoms with Crippen LogP contribution in [0.4, 0.5) is 11.4 Å². The summed E-state index contributed by atoms with van der Waals surface area (Å²) < 4.78 is 2.38. The maximum atomic E-state index is 2.49. The largest absolute Gasteiger partial charge is 0.333 e. The molecule has 0 saturated heterocycles. The molecule has 0 N–H and O–H groups in total. The minimum atomic E-state index is 0.293. The van der Waals surface area contributed by atoms with Crippen molar-refractivity contribution >= 4 is 33.2 Å². The smallest absolute Gasteiger partial charge is 0.0629 e. The summed E-state index contributed by atoms with van der Waals surface area (Å²) in [5.41, 5.74) is 14.8. The number of aromatic nitrogens is 1. The highest BCUT2D eigenvalue weighted by Gasteiger charge is 2.36. The van der Waals surface area contributed by atoms with E-state index >= 15 is 0 Å². The molecule has 0 fully saturated rings. The standard InChI is InChI=1S/C48H34N2/c1-2-12-33(13-3-1)36-30-37(34-22-26-39(27-23-34)49-45-18-8-4-14-41(45)42-15-5-9-19-46(42)49)32-38(31-36)35-24-28-40(29-25-35)50-47-20-10-6-16-43(47)44-17-7-11-21-48(44)50/h1-32,41,45H/t41?,45-/m1/s1. The Morgan fingerprint density at radius 2 is 0.880 bits per heavy atom. The lowest BCUT2D eigenvalue weighted by Gasteiger charge is -2.28. The van der Waals surface area contributed by atoms with Gasteiger partial charge in [-0.1, -0.05) is 133 Å². The Morgan fingerprint density at radius 3 is 1.52 bits per heavy atom. The Morgan fingerprint density at radius 1 is 0.380 bits per heavy atom. The number of rotatable bonds is 5. The van der Waals surface area contributed by atoms with Crippen molar-refractivity contribution < 1.29 is 0 Å². The quantitative estimate of drug-likeness (QED) is 0.182. The minimum Gasteiger partial charge on any atom is -0.333 e. The fraction of sp³-hybridized carbons (Fsp3) is 0.0417. The Kier molecular flexibility index (Phi) is 6.67. The predicted octanol–water partition coefficient (Wildman–Crippen LogP) is 12.5. The van der Waals surface area contributed by atoms with Gasteiger partial charge in [-0.15, -0.1) is 0 Å². The number of allylic oxidation sites excluding steroid dienone is 2. The predicted molar refractivity (Wildman–Crippen MR) is 210 cm³/mol. The fourth-order valence-electron chi connectivity index (χ4n) is 8.17. The van der Waals surface area contributed by atoms with Crippen LogP contribution < -0.4 is 4.90 Å². The third-order valence-electron chi connectivity index (χ3n) is 10.5. The summed E-state index contributed by atoms with van der Waals surface area (Å²) in [5, 5.41) is 2.55. The molecule has 0 spiro atoms. The Hall–Kier alpha value is -6.38. The highest BCUT2D eigenvalue weighted by molar-refractivity contribution is 6.09.